The van der Waals surface area contributed by atoms with E-state index in [-0.39, 0.29) is 0 Å². The summed E-state index contributed by atoms with van der Waals surface area (Å²) >= 11 is 0. The summed E-state index contributed by atoms with van der Waals surface area (Å²) in [5.41, 5.74) is 5.99. The average Bonchev–Trinajstić information content (AvgIpc) is 2.82. The highest BCUT2D eigenvalue weighted by atomic mass is 16.3. The van der Waals surface area contributed by atoms with E-state index in [1.807, 2.05) is 18.2 Å². The average molecular weight is 281 g/mol. The summed E-state index contributed by atoms with van der Waals surface area (Å²) in [5, 5.41) is 10.1. The van der Waals surface area contributed by atoms with Gasteiger partial charge in [-0.2, -0.15) is 0 Å². The minimum atomic E-state index is -0.525. The molecule has 2 N–H and O–H groups in total. The number of H-pyrrole nitrogens is 1. The van der Waals surface area contributed by atoms with Gasteiger partial charge in [-0.3, -0.25) is 0 Å². The van der Waals surface area contributed by atoms with Gasteiger partial charge in [0, 0.05) is 0 Å². The van der Waals surface area contributed by atoms with Crippen molar-refractivity contribution in [1.82, 2.24) is 4.98 Å². The molecule has 0 radical (unpaired) electrons. The van der Waals surface area contributed by atoms with Gasteiger partial charge in [0.2, 0.25) is 0 Å². The molecule has 1 unspecified atom stereocenters. The summed E-state index contributed by atoms with van der Waals surface area (Å²) in [6, 6.07) is 14.7. The van der Waals surface area contributed by atoms with Gasteiger partial charge in [-0.1, -0.05) is 35.9 Å². The monoisotopic (exact) mass is 281 g/mol. The first kappa shape index (κ1) is 13.8. The first-order valence-corrected chi connectivity index (χ1v) is 7.31. The normalized spacial score (nSPS) is 12.8. The summed E-state index contributed by atoms with van der Waals surface area (Å²) in [6.07, 6.45) is -0.525. The second kappa shape index (κ2) is 5.34. The van der Waals surface area contributed by atoms with Crippen LogP contribution in [-0.2, 0) is 6.54 Å². The van der Waals surface area contributed by atoms with Crippen molar-refractivity contribution in [2.75, 3.05) is 0 Å². The van der Waals surface area contributed by atoms with Gasteiger partial charge in [-0.05, 0) is 44.0 Å². The molecule has 0 bridgehead atoms. The minimum absolute atomic E-state index is 0.525. The van der Waals surface area contributed by atoms with E-state index >= 15 is 0 Å². The molecule has 0 saturated heterocycles. The summed E-state index contributed by atoms with van der Waals surface area (Å²) < 4.78 is 2.17. The number of aromatic amines is 1. The quantitative estimate of drug-likeness (QED) is 0.711. The van der Waals surface area contributed by atoms with Crippen molar-refractivity contribution in [3.05, 3.63) is 65.0 Å². The fraction of sp³-hybridized carbons (Fsp3) is 0.278. The maximum atomic E-state index is 10.1. The van der Waals surface area contributed by atoms with E-state index in [1.165, 1.54) is 16.7 Å². The van der Waals surface area contributed by atoms with Crippen LogP contribution in [0.4, 0.5) is 0 Å². The molecule has 3 nitrogen and oxygen atoms in total. The molecule has 0 saturated carbocycles. The van der Waals surface area contributed by atoms with E-state index in [4.69, 9.17) is 0 Å². The molecule has 2 aromatic carbocycles. The van der Waals surface area contributed by atoms with Crippen LogP contribution < -0.4 is 4.57 Å². The highest BCUT2D eigenvalue weighted by molar-refractivity contribution is 5.71. The Morgan fingerprint density at radius 2 is 1.90 bits per heavy atom. The molecule has 1 heterocycles. The van der Waals surface area contributed by atoms with Crippen molar-refractivity contribution < 1.29 is 9.67 Å². The Morgan fingerprint density at radius 3 is 2.67 bits per heavy atom. The lowest BCUT2D eigenvalue weighted by Gasteiger charge is -2.08. The van der Waals surface area contributed by atoms with Gasteiger partial charge < -0.3 is 5.11 Å². The number of aryl methyl sites for hydroxylation is 2. The van der Waals surface area contributed by atoms with Crippen LogP contribution in [0.5, 0.6) is 0 Å². The summed E-state index contributed by atoms with van der Waals surface area (Å²) in [7, 11) is 0. The summed E-state index contributed by atoms with van der Waals surface area (Å²) in [4.78, 5) is 3.33. The van der Waals surface area contributed by atoms with Crippen LogP contribution in [0.15, 0.2) is 42.5 Å². The van der Waals surface area contributed by atoms with Crippen molar-refractivity contribution in [2.45, 2.75) is 33.4 Å². The van der Waals surface area contributed by atoms with Crippen LogP contribution in [0.3, 0.4) is 0 Å². The molecule has 3 heteroatoms. The third-order valence-corrected chi connectivity index (χ3v) is 3.98. The van der Waals surface area contributed by atoms with E-state index < -0.39 is 6.10 Å². The Kier molecular flexibility index (Phi) is 3.52. The zero-order chi connectivity index (χ0) is 15.0. The largest absolute Gasteiger partial charge is 0.381 e. The van der Waals surface area contributed by atoms with Crippen molar-refractivity contribution in [3.63, 3.8) is 0 Å². The number of fused-ring (bicyclic) bond motifs is 1. The smallest absolute Gasteiger partial charge is 0.284 e. The molecule has 1 aromatic heterocycles. The molecule has 108 valence electrons. The van der Waals surface area contributed by atoms with E-state index in [9.17, 15) is 5.11 Å². The van der Waals surface area contributed by atoms with Crippen LogP contribution in [0.2, 0.25) is 0 Å². The number of nitrogens with zero attached hydrogens (tertiary/aromatic N) is 1. The molecule has 0 aliphatic heterocycles. The topological polar surface area (TPSA) is 39.9 Å². The molecule has 0 amide bonds. The number of aromatic nitrogens is 2. The van der Waals surface area contributed by atoms with Crippen LogP contribution >= 0.6 is 0 Å². The van der Waals surface area contributed by atoms with E-state index in [2.05, 4.69) is 47.7 Å². The maximum Gasteiger partial charge on any atom is 0.284 e. The fourth-order valence-electron chi connectivity index (χ4n) is 2.79. The van der Waals surface area contributed by atoms with E-state index in [0.29, 0.717) is 0 Å². The Hall–Kier alpha value is -2.13. The highest BCUT2D eigenvalue weighted by Crippen LogP contribution is 2.17. The summed E-state index contributed by atoms with van der Waals surface area (Å²) in [6.45, 7) is 6.80. The number of rotatable bonds is 3. The third kappa shape index (κ3) is 2.57. The minimum Gasteiger partial charge on any atom is -0.381 e. The molecule has 3 aromatic rings. The van der Waals surface area contributed by atoms with Crippen LogP contribution in [0.1, 0.15) is 35.5 Å². The predicted octanol–water partition coefficient (Wildman–Crippen LogP) is 3.17. The fourth-order valence-corrected chi connectivity index (χ4v) is 2.79. The summed E-state index contributed by atoms with van der Waals surface area (Å²) in [5.74, 6) is 0.845. The van der Waals surface area contributed by atoms with Crippen molar-refractivity contribution >= 4 is 11.0 Å². The molecule has 3 rings (SSSR count). The number of aliphatic hydroxyl groups is 1. The number of benzene rings is 2. The molecule has 0 spiro atoms. The van der Waals surface area contributed by atoms with Gasteiger partial charge in [0.15, 0.2) is 17.1 Å². The maximum absolute atomic E-state index is 10.1. The Morgan fingerprint density at radius 1 is 1.14 bits per heavy atom. The molecular weight excluding hydrogens is 260 g/mol. The number of para-hydroxylation sites is 2. The predicted molar refractivity (Wildman–Crippen MR) is 84.1 cm³/mol. The molecule has 21 heavy (non-hydrogen) atoms. The van der Waals surface area contributed by atoms with Gasteiger partial charge >= 0.3 is 0 Å². The number of hydrogen-bond acceptors (Lipinski definition) is 1. The first-order valence-electron chi connectivity index (χ1n) is 7.31. The van der Waals surface area contributed by atoms with Gasteiger partial charge in [0.1, 0.15) is 6.54 Å². The lowest BCUT2D eigenvalue weighted by atomic mass is 10.1. The molecule has 0 aliphatic rings. The van der Waals surface area contributed by atoms with Gasteiger partial charge in [0.25, 0.3) is 5.82 Å². The van der Waals surface area contributed by atoms with Crippen molar-refractivity contribution in [3.8, 4) is 0 Å². The highest BCUT2D eigenvalue weighted by Gasteiger charge is 2.22. The van der Waals surface area contributed by atoms with Crippen LogP contribution in [0, 0.1) is 13.8 Å². The van der Waals surface area contributed by atoms with Crippen LogP contribution in [-0.4, -0.2) is 10.1 Å². The molecule has 0 fully saturated rings. The zero-order valence-electron chi connectivity index (χ0n) is 12.7. The molecular formula is C18H21N2O+. The zero-order valence-corrected chi connectivity index (χ0v) is 12.7. The number of nitrogens with one attached hydrogen (secondary N) is 1. The second-order valence-corrected chi connectivity index (χ2v) is 5.72. The molecule has 1 atom stereocenters. The number of aliphatic hydroxyl groups excluding tert-OH is 1. The van der Waals surface area contributed by atoms with E-state index in [1.54, 1.807) is 6.92 Å². The van der Waals surface area contributed by atoms with Crippen molar-refractivity contribution in [2.24, 2.45) is 0 Å². The Balaban J connectivity index is 2.15. The van der Waals surface area contributed by atoms with Gasteiger partial charge in [-0.15, -0.1) is 0 Å². The second-order valence-electron chi connectivity index (χ2n) is 5.72. The van der Waals surface area contributed by atoms with E-state index in [0.717, 1.165) is 23.4 Å². The SMILES string of the molecule is Cc1ccc(C)c(C[n+]2c(C(C)O)[nH]c3ccccc32)c1. The number of hydrogen-bond donors (Lipinski definition) is 2. The molecule has 0 aliphatic carbocycles. The number of imidazole rings is 1. The van der Waals surface area contributed by atoms with Crippen molar-refractivity contribution in [1.29, 1.82) is 0 Å². The Labute approximate surface area is 124 Å². The van der Waals surface area contributed by atoms with Gasteiger partial charge in [0.05, 0.1) is 0 Å². The Bertz CT molecular complexity index is 787. The van der Waals surface area contributed by atoms with Crippen LogP contribution in [0.25, 0.3) is 11.0 Å². The first-order chi connectivity index (χ1) is 10.1. The van der Waals surface area contributed by atoms with Gasteiger partial charge in [-0.25, -0.2) is 9.55 Å². The third-order valence-electron chi connectivity index (χ3n) is 3.98. The standard InChI is InChI=1S/C18H20N2O/c1-12-8-9-13(2)15(10-12)11-20-17-7-5-4-6-16(17)19-18(20)14(3)21/h4-10,14,21H,11H2,1-3H3/p+1. The lowest BCUT2D eigenvalue weighted by molar-refractivity contribution is -0.673. The lowest BCUT2D eigenvalue weighted by Crippen LogP contribution is -2.38.